The zero-order chi connectivity index (χ0) is 16.9. The lowest BCUT2D eigenvalue weighted by molar-refractivity contribution is -0.122. The minimum Gasteiger partial charge on any atom is -0.486 e. The Labute approximate surface area is 157 Å². The molecular formula is C16H22Cl2N2O5. The average Bonchev–Trinajstić information content (AvgIpc) is 2.60. The number of nitrogens with one attached hydrogen (secondary N) is 2. The molecule has 7 nitrogen and oxygen atoms in total. The second kappa shape index (κ2) is 9.45. The Bertz CT molecular complexity index is 596. The molecule has 3 rings (SSSR count). The van der Waals surface area contributed by atoms with E-state index in [1.807, 2.05) is 0 Å². The van der Waals surface area contributed by atoms with Crippen LogP contribution in [0.1, 0.15) is 18.1 Å². The summed E-state index contributed by atoms with van der Waals surface area (Å²) in [5, 5.41) is 16.6. The molecule has 25 heavy (non-hydrogen) atoms. The Hall–Kier alpha value is -1.25. The number of ether oxygens (including phenoxy) is 3. The van der Waals surface area contributed by atoms with Crippen molar-refractivity contribution in [3.63, 3.8) is 0 Å². The van der Waals surface area contributed by atoms with Gasteiger partial charge in [-0.05, 0) is 17.7 Å². The summed E-state index contributed by atoms with van der Waals surface area (Å²) in [6.45, 7) is 2.92. The molecule has 1 saturated heterocycles. The Morgan fingerprint density at radius 1 is 1.36 bits per heavy atom. The van der Waals surface area contributed by atoms with Gasteiger partial charge in [0.2, 0.25) is 5.91 Å². The predicted molar refractivity (Wildman–Crippen MR) is 94.9 cm³/mol. The fourth-order valence-electron chi connectivity index (χ4n) is 2.70. The van der Waals surface area contributed by atoms with E-state index in [9.17, 15) is 9.90 Å². The Kier molecular flexibility index (Phi) is 7.58. The van der Waals surface area contributed by atoms with E-state index < -0.39 is 6.10 Å². The van der Waals surface area contributed by atoms with Crippen molar-refractivity contribution in [1.82, 2.24) is 10.6 Å². The predicted octanol–water partition coefficient (Wildman–Crippen LogP) is 1.06. The summed E-state index contributed by atoms with van der Waals surface area (Å²) in [7, 11) is 0. The lowest BCUT2D eigenvalue weighted by Crippen LogP contribution is -2.44. The molecule has 0 radical (unpaired) electrons. The van der Waals surface area contributed by atoms with Crippen LogP contribution in [-0.4, -0.2) is 56.6 Å². The van der Waals surface area contributed by atoms with Gasteiger partial charge in [-0.1, -0.05) is 11.6 Å². The third-order valence-corrected chi connectivity index (χ3v) is 4.21. The summed E-state index contributed by atoms with van der Waals surface area (Å²) in [5.74, 6) is 0.865. The van der Waals surface area contributed by atoms with Crippen LogP contribution < -0.4 is 20.1 Å². The highest BCUT2D eigenvalue weighted by Gasteiger charge is 2.21. The van der Waals surface area contributed by atoms with E-state index in [1.54, 1.807) is 12.1 Å². The van der Waals surface area contributed by atoms with E-state index in [2.05, 4.69) is 10.6 Å². The van der Waals surface area contributed by atoms with Gasteiger partial charge in [-0.25, -0.2) is 0 Å². The van der Waals surface area contributed by atoms with Crippen LogP contribution in [0.5, 0.6) is 11.5 Å². The Morgan fingerprint density at radius 3 is 2.92 bits per heavy atom. The number of carbonyl (C=O) groups is 1. The molecule has 140 valence electrons. The number of amides is 1. The molecule has 1 aromatic carbocycles. The highest BCUT2D eigenvalue weighted by Crippen LogP contribution is 2.39. The van der Waals surface area contributed by atoms with Crippen LogP contribution >= 0.6 is 24.0 Å². The maximum Gasteiger partial charge on any atom is 0.221 e. The van der Waals surface area contributed by atoms with Crippen molar-refractivity contribution in [2.24, 2.45) is 0 Å². The van der Waals surface area contributed by atoms with Gasteiger partial charge in [0, 0.05) is 25.6 Å². The summed E-state index contributed by atoms with van der Waals surface area (Å²) >= 11 is 6.16. The average molecular weight is 393 g/mol. The van der Waals surface area contributed by atoms with Crippen molar-refractivity contribution in [3.8, 4) is 11.5 Å². The van der Waals surface area contributed by atoms with Gasteiger partial charge in [-0.2, -0.15) is 0 Å². The summed E-state index contributed by atoms with van der Waals surface area (Å²) in [6.07, 6.45) is -0.563. The third kappa shape index (κ3) is 5.36. The zero-order valence-electron chi connectivity index (χ0n) is 13.6. The fraction of sp³-hybridized carbons (Fsp3) is 0.562. The molecule has 0 aliphatic carbocycles. The van der Waals surface area contributed by atoms with Gasteiger partial charge in [-0.3, -0.25) is 4.79 Å². The van der Waals surface area contributed by atoms with Gasteiger partial charge >= 0.3 is 0 Å². The molecule has 2 aliphatic heterocycles. The van der Waals surface area contributed by atoms with Crippen LogP contribution in [0.25, 0.3) is 0 Å². The first-order chi connectivity index (χ1) is 11.6. The normalized spacial score (nSPS) is 20.3. The minimum atomic E-state index is -0.877. The Morgan fingerprint density at radius 2 is 2.16 bits per heavy atom. The van der Waals surface area contributed by atoms with Gasteiger partial charge in [-0.15, -0.1) is 12.4 Å². The molecule has 0 aromatic heterocycles. The van der Waals surface area contributed by atoms with Crippen molar-refractivity contribution < 1.29 is 24.1 Å². The van der Waals surface area contributed by atoms with Gasteiger partial charge in [0.25, 0.3) is 0 Å². The molecular weight excluding hydrogens is 371 g/mol. The molecule has 1 fully saturated rings. The number of benzene rings is 1. The van der Waals surface area contributed by atoms with Crippen molar-refractivity contribution in [3.05, 3.63) is 22.7 Å². The van der Waals surface area contributed by atoms with E-state index in [-0.39, 0.29) is 30.9 Å². The molecule has 3 N–H and O–H groups in total. The van der Waals surface area contributed by atoms with Crippen LogP contribution in [0.3, 0.4) is 0 Å². The number of morpholine rings is 1. The van der Waals surface area contributed by atoms with E-state index >= 15 is 0 Å². The summed E-state index contributed by atoms with van der Waals surface area (Å²) in [4.78, 5) is 12.0. The summed E-state index contributed by atoms with van der Waals surface area (Å²) in [6, 6.07) is 3.33. The first-order valence-electron chi connectivity index (χ1n) is 7.98. The first-order valence-corrected chi connectivity index (χ1v) is 8.36. The topological polar surface area (TPSA) is 89.1 Å². The molecule has 0 saturated carbocycles. The molecule has 2 unspecified atom stereocenters. The maximum atomic E-state index is 12.0. The maximum absolute atomic E-state index is 12.0. The van der Waals surface area contributed by atoms with Gasteiger partial charge in [0.15, 0.2) is 11.5 Å². The number of carbonyl (C=O) groups excluding carboxylic acids is 1. The van der Waals surface area contributed by atoms with Gasteiger partial charge in [0.1, 0.15) is 13.2 Å². The minimum absolute atomic E-state index is 0. The largest absolute Gasteiger partial charge is 0.486 e. The second-order valence-electron chi connectivity index (χ2n) is 5.78. The fourth-order valence-corrected chi connectivity index (χ4v) is 2.97. The molecule has 9 heteroatoms. The number of hydrogen-bond donors (Lipinski definition) is 3. The zero-order valence-corrected chi connectivity index (χ0v) is 15.2. The van der Waals surface area contributed by atoms with Crippen molar-refractivity contribution >= 4 is 29.9 Å². The highest BCUT2D eigenvalue weighted by atomic mass is 35.5. The summed E-state index contributed by atoms with van der Waals surface area (Å²) < 4.78 is 16.2. The number of aliphatic hydroxyl groups is 1. The van der Waals surface area contributed by atoms with Crippen molar-refractivity contribution in [2.45, 2.75) is 18.6 Å². The molecule has 0 spiro atoms. The van der Waals surface area contributed by atoms with Crippen LogP contribution in [0.2, 0.25) is 5.02 Å². The van der Waals surface area contributed by atoms with E-state index in [4.69, 9.17) is 25.8 Å². The molecule has 2 atom stereocenters. The van der Waals surface area contributed by atoms with E-state index in [0.29, 0.717) is 54.9 Å². The standard InChI is InChI=1S/C16H21ClN2O5.ClH/c17-12-5-10(6-14-16(12)24-4-3-23-14)13(20)8-19-15(21)7-11-9-22-2-1-18-11;/h5-6,11,13,18,20H,1-4,7-9H2,(H,19,21);1H. The first kappa shape index (κ1) is 20.1. The molecule has 1 amide bonds. The van der Waals surface area contributed by atoms with Gasteiger partial charge < -0.3 is 30.0 Å². The SMILES string of the molecule is Cl.O=C(CC1COCCN1)NCC(O)c1cc(Cl)c2c(c1)OCCO2. The second-order valence-corrected chi connectivity index (χ2v) is 6.18. The number of fused-ring (bicyclic) bond motifs is 1. The third-order valence-electron chi connectivity index (χ3n) is 3.93. The molecule has 2 aliphatic rings. The monoisotopic (exact) mass is 392 g/mol. The van der Waals surface area contributed by atoms with E-state index in [1.165, 1.54) is 0 Å². The summed E-state index contributed by atoms with van der Waals surface area (Å²) in [5.41, 5.74) is 0.573. The highest BCUT2D eigenvalue weighted by molar-refractivity contribution is 6.32. The number of hydrogen-bond acceptors (Lipinski definition) is 6. The number of rotatable bonds is 5. The molecule has 0 bridgehead atoms. The van der Waals surface area contributed by atoms with Crippen LogP contribution in [0, 0.1) is 0 Å². The lowest BCUT2D eigenvalue weighted by Gasteiger charge is -2.24. The lowest BCUT2D eigenvalue weighted by atomic mass is 10.1. The van der Waals surface area contributed by atoms with Crippen molar-refractivity contribution in [1.29, 1.82) is 0 Å². The van der Waals surface area contributed by atoms with Crippen LogP contribution in [-0.2, 0) is 9.53 Å². The Balaban J connectivity index is 0.00000225. The molecule has 1 aromatic rings. The quantitative estimate of drug-likeness (QED) is 0.694. The number of aliphatic hydroxyl groups excluding tert-OH is 1. The van der Waals surface area contributed by atoms with Crippen LogP contribution in [0.4, 0.5) is 0 Å². The van der Waals surface area contributed by atoms with Gasteiger partial charge in [0.05, 0.1) is 24.3 Å². The smallest absolute Gasteiger partial charge is 0.221 e. The van der Waals surface area contributed by atoms with Crippen LogP contribution in [0.15, 0.2) is 12.1 Å². The van der Waals surface area contributed by atoms with E-state index in [0.717, 1.165) is 6.54 Å². The molecule has 2 heterocycles. The van der Waals surface area contributed by atoms with Crippen molar-refractivity contribution in [2.75, 3.05) is 39.5 Å². The number of halogens is 2.